The summed E-state index contributed by atoms with van der Waals surface area (Å²) >= 11 is 11.9. The molecule has 0 saturated heterocycles. The van der Waals surface area contributed by atoms with Crippen LogP contribution >= 0.6 is 23.2 Å². The van der Waals surface area contributed by atoms with E-state index in [0.717, 1.165) is 0 Å². The molecule has 7 heteroatoms. The van der Waals surface area contributed by atoms with Gasteiger partial charge in [-0.05, 0) is 29.8 Å². The van der Waals surface area contributed by atoms with Gasteiger partial charge in [0, 0.05) is 0 Å². The van der Waals surface area contributed by atoms with Gasteiger partial charge in [-0.25, -0.2) is 4.79 Å². The summed E-state index contributed by atoms with van der Waals surface area (Å²) in [5.74, 6) is -1.90. The van der Waals surface area contributed by atoms with Crippen LogP contribution in [0.1, 0.15) is 15.9 Å². The Morgan fingerprint density at radius 3 is 2.29 bits per heavy atom. The highest BCUT2D eigenvalue weighted by Gasteiger charge is 2.15. The number of para-hydroxylation sites is 1. The second kappa shape index (κ2) is 7.64. The minimum absolute atomic E-state index is 0.0196. The molecule has 0 fully saturated rings. The second-order valence-corrected chi connectivity index (χ2v) is 5.43. The predicted molar refractivity (Wildman–Crippen MR) is 92.1 cm³/mol. The first-order valence-corrected chi connectivity index (χ1v) is 7.39. The molecular weight excluding hydrogens is 351 g/mol. The van der Waals surface area contributed by atoms with Crippen LogP contribution in [-0.4, -0.2) is 17.0 Å². The lowest BCUT2D eigenvalue weighted by molar-refractivity contribution is -0.112. The van der Waals surface area contributed by atoms with E-state index in [2.05, 4.69) is 5.32 Å². The number of carboxylic acids is 1. The number of nitriles is 1. The number of carboxylic acid groups (broad SMARTS) is 1. The van der Waals surface area contributed by atoms with Crippen LogP contribution in [0, 0.1) is 11.3 Å². The van der Waals surface area contributed by atoms with Gasteiger partial charge in [0.15, 0.2) is 0 Å². The summed E-state index contributed by atoms with van der Waals surface area (Å²) < 4.78 is 0. The molecule has 0 heterocycles. The molecule has 0 aliphatic rings. The smallest absolute Gasteiger partial charge is 0.336 e. The topological polar surface area (TPSA) is 90.2 Å². The SMILES string of the molecule is N#C/C(=C\c1ccccc1C(=O)O)C(=O)Nc1c(Cl)cccc1Cl. The van der Waals surface area contributed by atoms with Gasteiger partial charge in [-0.3, -0.25) is 4.79 Å². The zero-order valence-corrected chi connectivity index (χ0v) is 13.6. The van der Waals surface area contributed by atoms with Crippen molar-refractivity contribution in [1.29, 1.82) is 5.26 Å². The molecule has 0 saturated carbocycles. The normalized spacial score (nSPS) is 10.8. The third-order valence-electron chi connectivity index (χ3n) is 3.06. The fourth-order valence-corrected chi connectivity index (χ4v) is 2.41. The highest BCUT2D eigenvalue weighted by Crippen LogP contribution is 2.30. The minimum Gasteiger partial charge on any atom is -0.478 e. The van der Waals surface area contributed by atoms with Gasteiger partial charge in [0.2, 0.25) is 0 Å². The quantitative estimate of drug-likeness (QED) is 0.630. The van der Waals surface area contributed by atoms with Gasteiger partial charge in [-0.1, -0.05) is 47.5 Å². The summed E-state index contributed by atoms with van der Waals surface area (Å²) in [5.41, 5.74) is 0.119. The average Bonchev–Trinajstić information content (AvgIpc) is 2.56. The molecule has 2 aromatic carbocycles. The van der Waals surface area contributed by atoms with Gasteiger partial charge >= 0.3 is 5.97 Å². The summed E-state index contributed by atoms with van der Waals surface area (Å²) in [6.07, 6.45) is 1.20. The highest BCUT2D eigenvalue weighted by molar-refractivity contribution is 6.40. The van der Waals surface area contributed by atoms with Crippen molar-refractivity contribution in [2.24, 2.45) is 0 Å². The van der Waals surface area contributed by atoms with Crippen molar-refractivity contribution >= 4 is 46.8 Å². The molecule has 120 valence electrons. The van der Waals surface area contributed by atoms with Crippen molar-refractivity contribution in [2.45, 2.75) is 0 Å². The molecule has 0 aliphatic heterocycles. The molecule has 0 spiro atoms. The van der Waals surface area contributed by atoms with Crippen LogP contribution in [0.15, 0.2) is 48.0 Å². The summed E-state index contributed by atoms with van der Waals surface area (Å²) in [7, 11) is 0. The van der Waals surface area contributed by atoms with Crippen molar-refractivity contribution < 1.29 is 14.7 Å². The molecule has 2 aromatic rings. The maximum atomic E-state index is 12.3. The Morgan fingerprint density at radius 2 is 1.71 bits per heavy atom. The third-order valence-corrected chi connectivity index (χ3v) is 3.69. The Morgan fingerprint density at radius 1 is 1.08 bits per heavy atom. The number of nitrogens with zero attached hydrogens (tertiary/aromatic N) is 1. The molecule has 2 rings (SSSR count). The number of amides is 1. The zero-order valence-electron chi connectivity index (χ0n) is 12.1. The minimum atomic E-state index is -1.16. The van der Waals surface area contributed by atoms with Gasteiger partial charge in [0.1, 0.15) is 11.6 Å². The fourth-order valence-electron chi connectivity index (χ4n) is 1.92. The number of nitrogens with one attached hydrogen (secondary N) is 1. The summed E-state index contributed by atoms with van der Waals surface area (Å²) in [4.78, 5) is 23.5. The Labute approximate surface area is 147 Å². The lowest BCUT2D eigenvalue weighted by atomic mass is 10.0. The number of hydrogen-bond acceptors (Lipinski definition) is 3. The maximum Gasteiger partial charge on any atom is 0.336 e. The molecule has 0 radical (unpaired) electrons. The lowest BCUT2D eigenvalue weighted by Gasteiger charge is -2.08. The summed E-state index contributed by atoms with van der Waals surface area (Å²) in [6, 6.07) is 12.5. The number of rotatable bonds is 4. The van der Waals surface area contributed by atoms with Crippen LogP contribution in [0.4, 0.5) is 5.69 Å². The lowest BCUT2D eigenvalue weighted by Crippen LogP contribution is -2.14. The van der Waals surface area contributed by atoms with E-state index in [0.29, 0.717) is 0 Å². The van der Waals surface area contributed by atoms with Gasteiger partial charge in [0.05, 0.1) is 21.3 Å². The Hall–Kier alpha value is -2.81. The number of hydrogen-bond donors (Lipinski definition) is 2. The Balaban J connectivity index is 2.37. The zero-order chi connectivity index (χ0) is 17.7. The first kappa shape index (κ1) is 17.5. The molecule has 0 aliphatic carbocycles. The van der Waals surface area contributed by atoms with E-state index in [9.17, 15) is 14.9 Å². The second-order valence-electron chi connectivity index (χ2n) is 4.61. The first-order chi connectivity index (χ1) is 11.4. The highest BCUT2D eigenvalue weighted by atomic mass is 35.5. The molecule has 0 atom stereocenters. The average molecular weight is 361 g/mol. The standard InChI is InChI=1S/C17H10Cl2N2O3/c18-13-6-3-7-14(19)15(13)21-16(22)11(9-20)8-10-4-1-2-5-12(10)17(23)24/h1-8H,(H,21,22)(H,23,24)/b11-8+. The van der Waals surface area contributed by atoms with E-state index in [1.54, 1.807) is 36.4 Å². The molecule has 0 unspecified atom stereocenters. The van der Waals surface area contributed by atoms with Crippen LogP contribution in [0.3, 0.4) is 0 Å². The van der Waals surface area contributed by atoms with Gasteiger partial charge < -0.3 is 10.4 Å². The van der Waals surface area contributed by atoms with E-state index < -0.39 is 11.9 Å². The van der Waals surface area contributed by atoms with Crippen LogP contribution in [0.2, 0.25) is 10.0 Å². The molecule has 5 nitrogen and oxygen atoms in total. The van der Waals surface area contributed by atoms with E-state index in [-0.39, 0.29) is 32.4 Å². The molecule has 0 aromatic heterocycles. The first-order valence-electron chi connectivity index (χ1n) is 6.63. The molecule has 1 amide bonds. The van der Waals surface area contributed by atoms with Gasteiger partial charge in [-0.2, -0.15) is 5.26 Å². The molecule has 2 N–H and O–H groups in total. The van der Waals surface area contributed by atoms with E-state index >= 15 is 0 Å². The largest absolute Gasteiger partial charge is 0.478 e. The number of aromatic carboxylic acids is 1. The number of anilines is 1. The van der Waals surface area contributed by atoms with Crippen molar-refractivity contribution in [3.8, 4) is 6.07 Å². The van der Waals surface area contributed by atoms with Gasteiger partial charge in [-0.15, -0.1) is 0 Å². The summed E-state index contributed by atoms with van der Waals surface area (Å²) in [6.45, 7) is 0. The van der Waals surface area contributed by atoms with Crippen LogP contribution in [0.5, 0.6) is 0 Å². The molecule has 0 bridgehead atoms. The Kier molecular flexibility index (Phi) is 5.59. The van der Waals surface area contributed by atoms with Crippen LogP contribution in [-0.2, 0) is 4.79 Å². The van der Waals surface area contributed by atoms with E-state index in [1.165, 1.54) is 18.2 Å². The van der Waals surface area contributed by atoms with Crippen molar-refractivity contribution in [1.82, 2.24) is 0 Å². The number of carbonyl (C=O) groups excluding carboxylic acids is 1. The monoisotopic (exact) mass is 360 g/mol. The fraction of sp³-hybridized carbons (Fsp3) is 0. The van der Waals surface area contributed by atoms with Crippen molar-refractivity contribution in [3.63, 3.8) is 0 Å². The van der Waals surface area contributed by atoms with Crippen LogP contribution in [0.25, 0.3) is 6.08 Å². The van der Waals surface area contributed by atoms with Crippen molar-refractivity contribution in [3.05, 3.63) is 69.2 Å². The van der Waals surface area contributed by atoms with E-state index in [4.69, 9.17) is 28.3 Å². The molecular formula is C17H10Cl2N2O3. The predicted octanol–water partition coefficient (Wildman–Crippen LogP) is 4.24. The number of halogens is 2. The van der Waals surface area contributed by atoms with Crippen molar-refractivity contribution in [2.75, 3.05) is 5.32 Å². The van der Waals surface area contributed by atoms with Crippen LogP contribution < -0.4 is 5.32 Å². The number of carbonyl (C=O) groups is 2. The number of benzene rings is 2. The third kappa shape index (κ3) is 3.93. The summed E-state index contributed by atoms with van der Waals surface area (Å²) in [5, 5.41) is 21.3. The molecule has 24 heavy (non-hydrogen) atoms. The van der Waals surface area contributed by atoms with E-state index in [1.807, 2.05) is 0 Å². The van der Waals surface area contributed by atoms with Gasteiger partial charge in [0.25, 0.3) is 5.91 Å². The Bertz CT molecular complexity index is 865. The maximum absolute atomic E-state index is 12.3.